The van der Waals surface area contributed by atoms with Crippen LogP contribution in [0.4, 0.5) is 10.1 Å². The summed E-state index contributed by atoms with van der Waals surface area (Å²) < 4.78 is 14.1. The molecule has 82 valence electrons. The summed E-state index contributed by atoms with van der Waals surface area (Å²) >= 11 is 3.45. The lowest BCUT2D eigenvalue weighted by Crippen LogP contribution is -2.29. The number of benzene rings is 1. The van der Waals surface area contributed by atoms with Gasteiger partial charge in [0.25, 0.3) is 0 Å². The second kappa shape index (κ2) is 4.49. The Morgan fingerprint density at radius 2 is 2.33 bits per heavy atom. The van der Waals surface area contributed by atoms with Crippen molar-refractivity contribution < 1.29 is 4.39 Å². The summed E-state index contributed by atoms with van der Waals surface area (Å²) in [5.74, 6) is -0.180. The molecule has 2 rings (SSSR count). The van der Waals surface area contributed by atoms with Gasteiger partial charge in [0.05, 0.1) is 5.69 Å². The minimum absolute atomic E-state index is 0.180. The Hall–Kier alpha value is -0.610. The lowest BCUT2D eigenvalue weighted by Gasteiger charge is -2.20. The van der Waals surface area contributed by atoms with Crippen LogP contribution in [-0.4, -0.2) is 26.2 Å². The molecule has 0 saturated carbocycles. The first-order chi connectivity index (χ1) is 7.20. The van der Waals surface area contributed by atoms with E-state index in [0.717, 1.165) is 29.7 Å². The number of hydrogen-bond acceptors (Lipinski definition) is 2. The van der Waals surface area contributed by atoms with Crippen LogP contribution in [0.3, 0.4) is 0 Å². The molecule has 0 amide bonds. The number of hydrogen-bond donors (Lipinski definition) is 1. The molecule has 1 atom stereocenters. The summed E-state index contributed by atoms with van der Waals surface area (Å²) in [6.07, 6.45) is 1.11. The number of nitrogens with zero attached hydrogens (tertiary/aromatic N) is 1. The molecular weight excluding hydrogens is 259 g/mol. The van der Waals surface area contributed by atoms with Crippen molar-refractivity contribution in [2.45, 2.75) is 12.5 Å². The second-order valence-corrected chi connectivity index (χ2v) is 4.67. The van der Waals surface area contributed by atoms with E-state index in [2.05, 4.69) is 26.1 Å². The first kappa shape index (κ1) is 10.9. The average molecular weight is 273 g/mol. The van der Waals surface area contributed by atoms with Gasteiger partial charge >= 0.3 is 0 Å². The standard InChI is InChI=1S/C11H14BrFN2/c1-14-9-4-5-15(7-9)11-6-8(13)2-3-10(11)12/h2-3,6,9,14H,4-5,7H2,1H3. The maximum absolute atomic E-state index is 13.1. The van der Waals surface area contributed by atoms with Gasteiger partial charge in [0.1, 0.15) is 5.82 Å². The molecule has 1 unspecified atom stereocenters. The lowest BCUT2D eigenvalue weighted by molar-refractivity contribution is 0.615. The third kappa shape index (κ3) is 2.32. The molecule has 0 aliphatic carbocycles. The number of halogens is 2. The third-order valence-electron chi connectivity index (χ3n) is 2.85. The smallest absolute Gasteiger partial charge is 0.125 e. The van der Waals surface area contributed by atoms with Gasteiger partial charge in [-0.3, -0.25) is 0 Å². The van der Waals surface area contributed by atoms with Crippen molar-refractivity contribution in [3.05, 3.63) is 28.5 Å². The highest BCUT2D eigenvalue weighted by Gasteiger charge is 2.22. The van der Waals surface area contributed by atoms with Crippen molar-refractivity contribution in [3.8, 4) is 0 Å². The molecule has 1 aromatic carbocycles. The van der Waals surface area contributed by atoms with Crippen LogP contribution in [0.25, 0.3) is 0 Å². The Morgan fingerprint density at radius 1 is 1.53 bits per heavy atom. The van der Waals surface area contributed by atoms with Crippen molar-refractivity contribution in [2.75, 3.05) is 25.0 Å². The Bertz CT molecular complexity index is 356. The SMILES string of the molecule is CNC1CCN(c2cc(F)ccc2Br)C1. The van der Waals surface area contributed by atoms with Gasteiger partial charge in [-0.05, 0) is 47.6 Å². The van der Waals surface area contributed by atoms with Crippen LogP contribution in [0, 0.1) is 5.82 Å². The fraction of sp³-hybridized carbons (Fsp3) is 0.455. The number of nitrogens with one attached hydrogen (secondary N) is 1. The van der Waals surface area contributed by atoms with Crippen molar-refractivity contribution in [1.29, 1.82) is 0 Å². The zero-order valence-corrected chi connectivity index (χ0v) is 10.2. The van der Waals surface area contributed by atoms with Crippen LogP contribution in [0.15, 0.2) is 22.7 Å². The molecule has 1 aromatic rings. The third-order valence-corrected chi connectivity index (χ3v) is 3.52. The van der Waals surface area contributed by atoms with Crippen LogP contribution in [0.1, 0.15) is 6.42 Å². The molecule has 15 heavy (non-hydrogen) atoms. The fourth-order valence-electron chi connectivity index (χ4n) is 1.94. The molecule has 1 fully saturated rings. The van der Waals surface area contributed by atoms with Crippen LogP contribution in [-0.2, 0) is 0 Å². The quantitative estimate of drug-likeness (QED) is 0.890. The molecule has 4 heteroatoms. The Labute approximate surface area is 97.6 Å². The Kier molecular flexibility index (Phi) is 3.26. The normalized spacial score (nSPS) is 21.0. The van der Waals surface area contributed by atoms with E-state index in [1.54, 1.807) is 12.1 Å². The zero-order valence-electron chi connectivity index (χ0n) is 8.63. The van der Waals surface area contributed by atoms with E-state index in [4.69, 9.17) is 0 Å². The molecule has 1 N–H and O–H groups in total. The van der Waals surface area contributed by atoms with Crippen LogP contribution >= 0.6 is 15.9 Å². The molecular formula is C11H14BrFN2. The fourth-order valence-corrected chi connectivity index (χ4v) is 2.44. The maximum Gasteiger partial charge on any atom is 0.125 e. The van der Waals surface area contributed by atoms with E-state index in [9.17, 15) is 4.39 Å². The minimum Gasteiger partial charge on any atom is -0.369 e. The van der Waals surface area contributed by atoms with E-state index in [1.807, 2.05) is 7.05 Å². The molecule has 0 bridgehead atoms. The van der Waals surface area contributed by atoms with Gasteiger partial charge in [0.2, 0.25) is 0 Å². The monoisotopic (exact) mass is 272 g/mol. The first-order valence-corrected chi connectivity index (χ1v) is 5.87. The van der Waals surface area contributed by atoms with E-state index >= 15 is 0 Å². The summed E-state index contributed by atoms with van der Waals surface area (Å²) in [6, 6.07) is 5.33. The van der Waals surface area contributed by atoms with Gasteiger partial charge < -0.3 is 10.2 Å². The van der Waals surface area contributed by atoms with Crippen LogP contribution in [0.5, 0.6) is 0 Å². The highest BCUT2D eigenvalue weighted by Crippen LogP contribution is 2.29. The average Bonchev–Trinajstić information content (AvgIpc) is 2.70. The van der Waals surface area contributed by atoms with Gasteiger partial charge in [0.15, 0.2) is 0 Å². The van der Waals surface area contributed by atoms with Gasteiger partial charge in [-0.1, -0.05) is 0 Å². The topological polar surface area (TPSA) is 15.3 Å². The summed E-state index contributed by atoms with van der Waals surface area (Å²) in [4.78, 5) is 2.20. The Balaban J connectivity index is 2.19. The number of rotatable bonds is 2. The van der Waals surface area contributed by atoms with Crippen molar-refractivity contribution >= 4 is 21.6 Å². The molecule has 0 aromatic heterocycles. The Morgan fingerprint density at radius 3 is 3.00 bits per heavy atom. The molecule has 1 heterocycles. The van der Waals surface area contributed by atoms with Gasteiger partial charge in [-0.15, -0.1) is 0 Å². The van der Waals surface area contributed by atoms with Crippen LogP contribution in [0.2, 0.25) is 0 Å². The molecule has 0 spiro atoms. The predicted molar refractivity (Wildman–Crippen MR) is 63.8 cm³/mol. The van der Waals surface area contributed by atoms with Crippen molar-refractivity contribution in [3.63, 3.8) is 0 Å². The van der Waals surface area contributed by atoms with E-state index < -0.39 is 0 Å². The zero-order chi connectivity index (χ0) is 10.8. The van der Waals surface area contributed by atoms with Gasteiger partial charge in [-0.2, -0.15) is 0 Å². The molecule has 1 aliphatic heterocycles. The summed E-state index contributed by atoms with van der Waals surface area (Å²) in [7, 11) is 1.97. The van der Waals surface area contributed by atoms with Crippen molar-refractivity contribution in [1.82, 2.24) is 5.32 Å². The van der Waals surface area contributed by atoms with Crippen molar-refractivity contribution in [2.24, 2.45) is 0 Å². The molecule has 0 radical (unpaired) electrons. The number of likely N-dealkylation sites (N-methyl/N-ethyl adjacent to an activating group) is 1. The first-order valence-electron chi connectivity index (χ1n) is 5.08. The highest BCUT2D eigenvalue weighted by molar-refractivity contribution is 9.10. The van der Waals surface area contributed by atoms with Gasteiger partial charge in [-0.25, -0.2) is 4.39 Å². The second-order valence-electron chi connectivity index (χ2n) is 3.82. The van der Waals surface area contributed by atoms with Gasteiger partial charge in [0, 0.05) is 23.6 Å². The van der Waals surface area contributed by atoms with E-state index in [1.165, 1.54) is 6.07 Å². The van der Waals surface area contributed by atoms with Crippen LogP contribution < -0.4 is 10.2 Å². The maximum atomic E-state index is 13.1. The summed E-state index contributed by atoms with van der Waals surface area (Å²) in [5, 5.41) is 3.25. The highest BCUT2D eigenvalue weighted by atomic mass is 79.9. The predicted octanol–water partition coefficient (Wildman–Crippen LogP) is 2.39. The van der Waals surface area contributed by atoms with E-state index in [0.29, 0.717) is 6.04 Å². The minimum atomic E-state index is -0.180. The molecule has 2 nitrogen and oxygen atoms in total. The lowest BCUT2D eigenvalue weighted by atomic mass is 10.3. The molecule has 1 saturated heterocycles. The summed E-state index contributed by atoms with van der Waals surface area (Å²) in [6.45, 7) is 1.92. The largest absolute Gasteiger partial charge is 0.369 e. The van der Waals surface area contributed by atoms with E-state index in [-0.39, 0.29) is 5.82 Å². The molecule has 1 aliphatic rings. The number of anilines is 1. The summed E-state index contributed by atoms with van der Waals surface area (Å²) in [5.41, 5.74) is 0.952.